The first-order valence-corrected chi connectivity index (χ1v) is 5.75. The summed E-state index contributed by atoms with van der Waals surface area (Å²) in [6.07, 6.45) is 3.39. The molecule has 0 spiro atoms. The Balaban J connectivity index is 2.54. The van der Waals surface area contributed by atoms with Crippen molar-refractivity contribution in [3.05, 3.63) is 17.8 Å². The quantitative estimate of drug-likeness (QED) is 0.562. The molecule has 1 aromatic heterocycles. The predicted octanol–water partition coefficient (Wildman–Crippen LogP) is 1.29. The molecule has 6 heteroatoms. The standard InChI is InChI=1S/C12H19N3O3/c1-17-6-4-3-5-14-11-7-9(12(16)18-2)10(13)8-15-11/h7-8H,3-6,13H2,1-2H3,(H,14,15). The monoisotopic (exact) mass is 253 g/mol. The van der Waals surface area contributed by atoms with E-state index >= 15 is 0 Å². The Morgan fingerprint density at radius 1 is 1.44 bits per heavy atom. The van der Waals surface area contributed by atoms with Crippen LogP contribution in [0.15, 0.2) is 12.3 Å². The van der Waals surface area contributed by atoms with E-state index in [-0.39, 0.29) is 0 Å². The van der Waals surface area contributed by atoms with Gasteiger partial charge >= 0.3 is 5.97 Å². The molecule has 3 N–H and O–H groups in total. The normalized spacial score (nSPS) is 10.1. The number of nitrogen functional groups attached to an aromatic ring is 1. The van der Waals surface area contributed by atoms with Crippen LogP contribution in [0.1, 0.15) is 23.2 Å². The number of esters is 1. The maximum absolute atomic E-state index is 11.4. The van der Waals surface area contributed by atoms with Crippen LogP contribution in [0.2, 0.25) is 0 Å². The molecule has 100 valence electrons. The fourth-order valence-corrected chi connectivity index (χ4v) is 1.44. The molecule has 6 nitrogen and oxygen atoms in total. The highest BCUT2D eigenvalue weighted by atomic mass is 16.5. The molecule has 0 radical (unpaired) electrons. The average Bonchev–Trinajstić information content (AvgIpc) is 2.39. The number of carbonyl (C=O) groups is 1. The zero-order valence-electron chi connectivity index (χ0n) is 10.7. The van der Waals surface area contributed by atoms with Gasteiger partial charge in [0.05, 0.1) is 24.6 Å². The zero-order chi connectivity index (χ0) is 13.4. The van der Waals surface area contributed by atoms with Crippen molar-refractivity contribution in [3.63, 3.8) is 0 Å². The van der Waals surface area contributed by atoms with Gasteiger partial charge in [0, 0.05) is 20.3 Å². The van der Waals surface area contributed by atoms with Crippen molar-refractivity contribution in [3.8, 4) is 0 Å². The largest absolute Gasteiger partial charge is 0.465 e. The summed E-state index contributed by atoms with van der Waals surface area (Å²) in [5.41, 5.74) is 6.29. The van der Waals surface area contributed by atoms with Gasteiger partial charge in [0.15, 0.2) is 0 Å². The molecule has 1 aromatic rings. The second-order valence-electron chi connectivity index (χ2n) is 3.78. The van der Waals surface area contributed by atoms with Crippen molar-refractivity contribution >= 4 is 17.5 Å². The lowest BCUT2D eigenvalue weighted by atomic mass is 10.2. The van der Waals surface area contributed by atoms with Gasteiger partial charge in [-0.25, -0.2) is 9.78 Å². The van der Waals surface area contributed by atoms with Gasteiger partial charge in [0.25, 0.3) is 0 Å². The minimum atomic E-state index is -0.461. The number of nitrogens with zero attached hydrogens (tertiary/aromatic N) is 1. The van der Waals surface area contributed by atoms with E-state index in [9.17, 15) is 4.79 Å². The molecular weight excluding hydrogens is 234 g/mol. The Kier molecular flexibility index (Phi) is 5.93. The number of rotatable bonds is 7. The minimum absolute atomic E-state index is 0.312. The fourth-order valence-electron chi connectivity index (χ4n) is 1.44. The van der Waals surface area contributed by atoms with Gasteiger partial charge in [-0.15, -0.1) is 0 Å². The molecule has 0 fully saturated rings. The van der Waals surface area contributed by atoms with Crippen molar-refractivity contribution in [1.29, 1.82) is 0 Å². The Bertz CT molecular complexity index is 396. The molecule has 0 aliphatic heterocycles. The van der Waals surface area contributed by atoms with Gasteiger partial charge in [0.2, 0.25) is 0 Å². The van der Waals surface area contributed by atoms with E-state index in [1.165, 1.54) is 13.3 Å². The summed E-state index contributed by atoms with van der Waals surface area (Å²) >= 11 is 0. The second kappa shape index (κ2) is 7.50. The van der Waals surface area contributed by atoms with Gasteiger partial charge in [-0.3, -0.25) is 0 Å². The van der Waals surface area contributed by atoms with Crippen LogP contribution in [0.3, 0.4) is 0 Å². The van der Waals surface area contributed by atoms with Crippen LogP contribution in [-0.4, -0.2) is 38.3 Å². The molecule has 0 saturated heterocycles. The Morgan fingerprint density at radius 2 is 2.22 bits per heavy atom. The van der Waals surface area contributed by atoms with Crippen LogP contribution in [0.5, 0.6) is 0 Å². The molecule has 0 aliphatic rings. The number of aromatic nitrogens is 1. The number of nitrogens with one attached hydrogen (secondary N) is 1. The lowest BCUT2D eigenvalue weighted by Crippen LogP contribution is -2.09. The lowest BCUT2D eigenvalue weighted by molar-refractivity contribution is 0.0602. The van der Waals surface area contributed by atoms with E-state index in [1.54, 1.807) is 13.2 Å². The van der Waals surface area contributed by atoms with Crippen LogP contribution in [0.25, 0.3) is 0 Å². The fraction of sp³-hybridized carbons (Fsp3) is 0.500. The summed E-state index contributed by atoms with van der Waals surface area (Å²) in [6, 6.07) is 1.59. The van der Waals surface area contributed by atoms with Gasteiger partial charge < -0.3 is 20.5 Å². The molecule has 0 aliphatic carbocycles. The van der Waals surface area contributed by atoms with Crippen molar-refractivity contribution in [2.45, 2.75) is 12.8 Å². The van der Waals surface area contributed by atoms with Crippen LogP contribution in [-0.2, 0) is 9.47 Å². The molecule has 1 rings (SSSR count). The van der Waals surface area contributed by atoms with Crippen LogP contribution in [0.4, 0.5) is 11.5 Å². The number of pyridine rings is 1. The third-order valence-corrected chi connectivity index (χ3v) is 2.42. The number of anilines is 2. The van der Waals surface area contributed by atoms with E-state index in [1.807, 2.05) is 0 Å². The highest BCUT2D eigenvalue weighted by Gasteiger charge is 2.11. The summed E-state index contributed by atoms with van der Waals surface area (Å²) in [5.74, 6) is 0.152. The molecule has 0 unspecified atom stereocenters. The third-order valence-electron chi connectivity index (χ3n) is 2.42. The van der Waals surface area contributed by atoms with Crippen LogP contribution >= 0.6 is 0 Å². The first-order valence-electron chi connectivity index (χ1n) is 5.75. The van der Waals surface area contributed by atoms with Gasteiger partial charge in [-0.2, -0.15) is 0 Å². The number of hydrogen-bond acceptors (Lipinski definition) is 6. The lowest BCUT2D eigenvalue weighted by Gasteiger charge is -2.08. The van der Waals surface area contributed by atoms with E-state index in [0.717, 1.165) is 26.0 Å². The second-order valence-corrected chi connectivity index (χ2v) is 3.78. The topological polar surface area (TPSA) is 86.5 Å². The molecule has 0 saturated carbocycles. The molecular formula is C12H19N3O3. The predicted molar refractivity (Wildman–Crippen MR) is 69.6 cm³/mol. The van der Waals surface area contributed by atoms with Crippen molar-refractivity contribution in [2.24, 2.45) is 0 Å². The van der Waals surface area contributed by atoms with Crippen molar-refractivity contribution in [2.75, 3.05) is 38.4 Å². The first kappa shape index (κ1) is 14.2. The molecule has 18 heavy (non-hydrogen) atoms. The molecule has 0 aromatic carbocycles. The van der Waals surface area contributed by atoms with E-state index in [0.29, 0.717) is 17.1 Å². The highest BCUT2D eigenvalue weighted by molar-refractivity contribution is 5.95. The van der Waals surface area contributed by atoms with Crippen LogP contribution in [0, 0.1) is 0 Å². The maximum Gasteiger partial charge on any atom is 0.340 e. The summed E-state index contributed by atoms with van der Waals surface area (Å²) in [4.78, 5) is 15.5. The minimum Gasteiger partial charge on any atom is -0.465 e. The summed E-state index contributed by atoms with van der Waals surface area (Å²) in [6.45, 7) is 1.51. The highest BCUT2D eigenvalue weighted by Crippen LogP contribution is 2.15. The van der Waals surface area contributed by atoms with Gasteiger partial charge in [-0.1, -0.05) is 0 Å². The number of carbonyl (C=O) groups excluding carboxylic acids is 1. The van der Waals surface area contributed by atoms with Gasteiger partial charge in [0.1, 0.15) is 5.82 Å². The van der Waals surface area contributed by atoms with Crippen LogP contribution < -0.4 is 11.1 Å². The maximum atomic E-state index is 11.4. The number of unbranched alkanes of at least 4 members (excludes halogenated alkanes) is 1. The Labute approximate surface area is 106 Å². The molecule has 0 bridgehead atoms. The molecule has 1 heterocycles. The average molecular weight is 253 g/mol. The Hall–Kier alpha value is -1.82. The third kappa shape index (κ3) is 4.21. The zero-order valence-corrected chi connectivity index (χ0v) is 10.7. The van der Waals surface area contributed by atoms with Gasteiger partial charge in [-0.05, 0) is 18.9 Å². The smallest absolute Gasteiger partial charge is 0.340 e. The van der Waals surface area contributed by atoms with Crippen molar-refractivity contribution < 1.29 is 14.3 Å². The number of hydrogen-bond donors (Lipinski definition) is 2. The van der Waals surface area contributed by atoms with E-state index in [4.69, 9.17) is 10.5 Å². The first-order chi connectivity index (χ1) is 8.69. The number of ether oxygens (including phenoxy) is 2. The Morgan fingerprint density at radius 3 is 2.89 bits per heavy atom. The SMILES string of the molecule is COCCCCNc1cc(C(=O)OC)c(N)cn1. The van der Waals surface area contributed by atoms with Crippen molar-refractivity contribution in [1.82, 2.24) is 4.98 Å². The molecule has 0 amide bonds. The number of methoxy groups -OCH3 is 2. The number of nitrogens with two attached hydrogens (primary N) is 1. The van der Waals surface area contributed by atoms with E-state index in [2.05, 4.69) is 15.0 Å². The summed E-state index contributed by atoms with van der Waals surface area (Å²) in [7, 11) is 3.00. The molecule has 0 atom stereocenters. The summed E-state index contributed by atoms with van der Waals surface area (Å²) in [5, 5.41) is 3.12. The summed E-state index contributed by atoms with van der Waals surface area (Å²) < 4.78 is 9.59. The van der Waals surface area contributed by atoms with E-state index < -0.39 is 5.97 Å².